The van der Waals surface area contributed by atoms with Gasteiger partial charge in [0.1, 0.15) is 35.2 Å². The number of carbonyl (C=O) groups is 6. The third kappa shape index (κ3) is 12.4. The maximum Gasteiger partial charge on any atom is 0.252 e. The molecule has 0 aromatic heterocycles. The maximum atomic E-state index is 14.9. The molecule has 76 heavy (non-hydrogen) atoms. The van der Waals surface area contributed by atoms with Gasteiger partial charge in [-0.1, -0.05) is 49.7 Å². The van der Waals surface area contributed by atoms with E-state index in [-0.39, 0.29) is 67.2 Å². The molecule has 4 aliphatic rings. The van der Waals surface area contributed by atoms with Gasteiger partial charge in [-0.05, 0) is 118 Å². The van der Waals surface area contributed by atoms with Crippen molar-refractivity contribution >= 4 is 52.5 Å². The topological polar surface area (TPSA) is 197 Å². The van der Waals surface area contributed by atoms with Gasteiger partial charge in [0.05, 0.1) is 37.8 Å². The predicted octanol–water partition coefficient (Wildman–Crippen LogP) is 4.35. The van der Waals surface area contributed by atoms with Crippen molar-refractivity contribution in [1.29, 1.82) is 0 Å². The van der Waals surface area contributed by atoms with E-state index in [4.69, 9.17) is 4.74 Å². The lowest BCUT2D eigenvalue weighted by Crippen LogP contribution is -2.62. The molecule has 2 fully saturated rings. The zero-order valence-corrected chi connectivity index (χ0v) is 43.9. The smallest absolute Gasteiger partial charge is 0.252 e. The van der Waals surface area contributed by atoms with Crippen LogP contribution in [0.1, 0.15) is 81.3 Å². The van der Waals surface area contributed by atoms with Gasteiger partial charge in [-0.15, -0.1) is 0 Å². The summed E-state index contributed by atoms with van der Waals surface area (Å²) >= 11 is 0. The molecule has 4 aliphatic heterocycles. The Hall–Kier alpha value is -6.71. The fraction of sp³-hybridized carbons (Fsp3) is 0.464. The molecule has 406 valence electrons. The van der Waals surface area contributed by atoms with Gasteiger partial charge in [-0.25, -0.2) is 13.2 Å². The van der Waals surface area contributed by atoms with Crippen molar-refractivity contribution in [2.24, 2.45) is 0 Å². The lowest BCUT2D eigenvalue weighted by molar-refractivity contribution is -0.142. The van der Waals surface area contributed by atoms with Crippen molar-refractivity contribution in [3.63, 3.8) is 0 Å². The second-order valence-corrected chi connectivity index (χ2v) is 20.7. The summed E-state index contributed by atoms with van der Waals surface area (Å²) in [7, 11) is 1.60. The van der Waals surface area contributed by atoms with E-state index in [1.807, 2.05) is 25.1 Å². The van der Waals surface area contributed by atoms with Crippen LogP contribution in [0.4, 0.5) is 30.2 Å². The summed E-state index contributed by atoms with van der Waals surface area (Å²) in [5, 5.41) is 17.1. The minimum absolute atomic E-state index is 0.000976. The van der Waals surface area contributed by atoms with Crippen molar-refractivity contribution in [1.82, 2.24) is 36.0 Å². The first-order valence-electron chi connectivity index (χ1n) is 26.1. The predicted molar refractivity (Wildman–Crippen MR) is 282 cm³/mol. The van der Waals surface area contributed by atoms with Crippen LogP contribution < -0.4 is 36.8 Å². The summed E-state index contributed by atoms with van der Waals surface area (Å²) < 4.78 is 49.3. The Morgan fingerprint density at radius 3 is 2.36 bits per heavy atom. The maximum absolute atomic E-state index is 14.9. The highest BCUT2D eigenvalue weighted by atomic mass is 19.1. The molecule has 8 rings (SSSR count). The van der Waals surface area contributed by atoms with E-state index < -0.39 is 76.9 Å². The molecule has 17 nitrogen and oxygen atoms in total. The first-order valence-corrected chi connectivity index (χ1v) is 26.1. The number of likely N-dealkylation sites (N-methyl/N-ethyl adjacent to an activating group) is 1. The van der Waals surface area contributed by atoms with Crippen LogP contribution in [0.15, 0.2) is 78.9 Å². The Labute approximate surface area is 441 Å². The number of benzene rings is 4. The SMILES string of the molecule is CCC[C@H](NC(=O)[C@H](C)NC)C(=O)N1Cc2ccc(NC(=O)CNC(=O)[C@]3(C)CN(C(=O)CN4C[C@@H](C)NC[C@@H]4CN4CCOC[C@H]4C)c4cc(Cc5ccc(F)cc5)ccc43)cc2[C@H]1C(=O)Nc1c(F)cccc1F. The molecule has 7 atom stereocenters. The number of fused-ring (bicyclic) bond motifs is 2. The van der Waals surface area contributed by atoms with Crippen LogP contribution in [0.25, 0.3) is 0 Å². The van der Waals surface area contributed by atoms with Crippen LogP contribution in [-0.4, -0.2) is 146 Å². The number of amides is 6. The number of hydrogen-bond donors (Lipinski definition) is 6. The number of halogens is 3. The fourth-order valence-corrected chi connectivity index (χ4v) is 10.6. The minimum atomic E-state index is -1.44. The lowest BCUT2D eigenvalue weighted by Gasteiger charge is -2.43. The van der Waals surface area contributed by atoms with E-state index in [2.05, 4.69) is 55.5 Å². The fourth-order valence-electron chi connectivity index (χ4n) is 10.6. The van der Waals surface area contributed by atoms with Crippen LogP contribution in [0.3, 0.4) is 0 Å². The Morgan fingerprint density at radius 2 is 1.64 bits per heavy atom. The molecular weight excluding hydrogens is 982 g/mol. The molecule has 0 radical (unpaired) electrons. The number of hydrogen-bond acceptors (Lipinski definition) is 11. The number of anilines is 3. The van der Waals surface area contributed by atoms with Gasteiger partial charge >= 0.3 is 0 Å². The number of para-hydroxylation sites is 1. The van der Waals surface area contributed by atoms with Crippen molar-refractivity contribution in [3.8, 4) is 0 Å². The number of piperazine rings is 1. The van der Waals surface area contributed by atoms with Gasteiger partial charge < -0.3 is 46.4 Å². The molecular formula is C56H69F3N10O7. The summed E-state index contributed by atoms with van der Waals surface area (Å²) in [4.78, 5) is 92.0. The van der Waals surface area contributed by atoms with E-state index in [0.717, 1.165) is 42.4 Å². The van der Waals surface area contributed by atoms with Crippen molar-refractivity contribution in [3.05, 3.63) is 124 Å². The summed E-state index contributed by atoms with van der Waals surface area (Å²) in [5.41, 5.74) is 1.89. The van der Waals surface area contributed by atoms with Crippen molar-refractivity contribution in [2.45, 2.75) is 102 Å². The Bertz CT molecular complexity index is 2800. The molecule has 2 saturated heterocycles. The molecule has 4 heterocycles. The summed E-state index contributed by atoms with van der Waals surface area (Å²) in [6.45, 7) is 13.2. The van der Waals surface area contributed by atoms with Crippen molar-refractivity contribution < 1.29 is 46.7 Å². The molecule has 6 amide bonds. The summed E-state index contributed by atoms with van der Waals surface area (Å²) in [5.74, 6) is -5.68. The van der Waals surface area contributed by atoms with Gasteiger partial charge in [0, 0.05) is 68.8 Å². The van der Waals surface area contributed by atoms with Gasteiger partial charge in [-0.3, -0.25) is 38.6 Å². The second kappa shape index (κ2) is 24.1. The van der Waals surface area contributed by atoms with Gasteiger partial charge in [-0.2, -0.15) is 0 Å². The number of nitrogens with zero attached hydrogens (tertiary/aromatic N) is 4. The Balaban J connectivity index is 1.00. The molecule has 4 aromatic rings. The van der Waals surface area contributed by atoms with Crippen LogP contribution in [-0.2, 0) is 51.9 Å². The van der Waals surface area contributed by atoms with E-state index in [1.54, 1.807) is 50.1 Å². The summed E-state index contributed by atoms with van der Waals surface area (Å²) in [6.07, 6.45) is 1.19. The van der Waals surface area contributed by atoms with E-state index >= 15 is 0 Å². The standard InChI is InChI=1S/C56H69F3N10O7/c1-7-9-46(64-52(72)35(4)60-6)54(74)68-28-38-15-18-40(24-42(38)51(68)53(73)65-50-44(58)10-8-11-45(50)59)63-48(70)26-62-55(75)56(5)32-69(47-23-37(14-19-43(47)56)22-36-12-16-39(57)17-13-36)49(71)30-67-27-33(2)61-25-41(67)29-66-20-21-76-31-34(66)3/h8,10-19,23-24,33-35,41,46,51,60-61H,7,9,20-22,25-32H2,1-6H3,(H,62,75)(H,63,70)(H,64,72)(H,65,73)/t33-,34-,35+,41-,46+,51+,56-/m1/s1. The molecule has 0 unspecified atom stereocenters. The zero-order chi connectivity index (χ0) is 54.4. The van der Waals surface area contributed by atoms with E-state index in [9.17, 15) is 41.9 Å². The quantitative estimate of drug-likeness (QED) is 0.0830. The van der Waals surface area contributed by atoms with Crippen LogP contribution >= 0.6 is 0 Å². The number of rotatable bonds is 18. The molecule has 0 bridgehead atoms. The highest BCUT2D eigenvalue weighted by molar-refractivity contribution is 6.05. The first-order chi connectivity index (χ1) is 36.4. The first kappa shape index (κ1) is 55.5. The molecule has 20 heteroatoms. The van der Waals surface area contributed by atoms with Crippen LogP contribution in [0.2, 0.25) is 0 Å². The highest BCUT2D eigenvalue weighted by Gasteiger charge is 2.48. The largest absolute Gasteiger partial charge is 0.379 e. The lowest BCUT2D eigenvalue weighted by atomic mass is 9.83. The zero-order valence-electron chi connectivity index (χ0n) is 43.9. The molecule has 0 spiro atoms. The minimum Gasteiger partial charge on any atom is -0.379 e. The molecule has 0 saturated carbocycles. The third-order valence-corrected chi connectivity index (χ3v) is 15.1. The highest BCUT2D eigenvalue weighted by Crippen LogP contribution is 2.43. The normalized spacial score (nSPS) is 22.3. The average Bonchev–Trinajstić information content (AvgIpc) is 3.96. The Kier molecular flexibility index (Phi) is 17.6. The van der Waals surface area contributed by atoms with Crippen LogP contribution in [0, 0.1) is 17.5 Å². The van der Waals surface area contributed by atoms with Gasteiger partial charge in [0.2, 0.25) is 29.5 Å². The van der Waals surface area contributed by atoms with Crippen molar-refractivity contribution in [2.75, 3.05) is 81.6 Å². The van der Waals surface area contributed by atoms with E-state index in [0.29, 0.717) is 56.0 Å². The number of ether oxygens (including phenoxy) is 1. The monoisotopic (exact) mass is 1050 g/mol. The molecule has 6 N–H and O–H groups in total. The Morgan fingerprint density at radius 1 is 0.908 bits per heavy atom. The van der Waals surface area contributed by atoms with Gasteiger partial charge in [0.15, 0.2) is 0 Å². The number of nitrogens with one attached hydrogen (secondary N) is 6. The van der Waals surface area contributed by atoms with Gasteiger partial charge in [0.25, 0.3) is 5.91 Å². The molecule has 0 aliphatic carbocycles. The molecule has 4 aromatic carbocycles. The third-order valence-electron chi connectivity index (χ3n) is 15.1. The van der Waals surface area contributed by atoms with E-state index in [1.165, 1.54) is 23.1 Å². The second-order valence-electron chi connectivity index (χ2n) is 20.7. The number of morpholine rings is 1. The number of carbonyl (C=O) groups excluding carboxylic acids is 6. The van der Waals surface area contributed by atoms with Crippen LogP contribution in [0.5, 0.6) is 0 Å². The average molecular weight is 1050 g/mol. The summed E-state index contributed by atoms with van der Waals surface area (Å²) in [6, 6.07) is 17.0.